The second-order valence-electron chi connectivity index (χ2n) is 7.42. The highest BCUT2D eigenvalue weighted by Gasteiger charge is 2.30. The standard InChI is InChI=1S/C20H26FN5O/c21-17-6-4-15(5-7-17)19-16(13-23-24-19)12-22-20(27)26-11-8-18(14-26)25-9-2-1-3-10-25/h4-7,13,18H,1-3,8-12,14H2,(H,22,27)(H,23,24)/t18-/m0/s1. The van der Waals surface area contributed by atoms with Gasteiger partial charge < -0.3 is 10.2 Å². The smallest absolute Gasteiger partial charge is 0.317 e. The van der Waals surface area contributed by atoms with E-state index in [1.165, 1.54) is 31.4 Å². The van der Waals surface area contributed by atoms with Gasteiger partial charge in [-0.05, 0) is 56.6 Å². The van der Waals surface area contributed by atoms with Crippen molar-refractivity contribution in [3.63, 3.8) is 0 Å². The minimum Gasteiger partial charge on any atom is -0.334 e. The SMILES string of the molecule is O=C(NCc1cn[nH]c1-c1ccc(F)cc1)N1CC[C@H](N2CCCCC2)C1. The number of carbonyl (C=O) groups excluding carboxylic acids is 1. The van der Waals surface area contributed by atoms with Gasteiger partial charge in [-0.2, -0.15) is 5.10 Å². The first kappa shape index (κ1) is 18.0. The molecular weight excluding hydrogens is 345 g/mol. The Morgan fingerprint density at radius 1 is 1.19 bits per heavy atom. The van der Waals surface area contributed by atoms with Crippen molar-refractivity contribution in [2.45, 2.75) is 38.3 Å². The number of carbonyl (C=O) groups is 1. The molecule has 2 N–H and O–H groups in total. The number of piperidine rings is 1. The van der Waals surface area contributed by atoms with E-state index in [0.717, 1.165) is 49.4 Å². The number of halogens is 1. The van der Waals surface area contributed by atoms with E-state index in [9.17, 15) is 9.18 Å². The van der Waals surface area contributed by atoms with Crippen molar-refractivity contribution in [2.75, 3.05) is 26.2 Å². The van der Waals surface area contributed by atoms with Crippen LogP contribution < -0.4 is 5.32 Å². The quantitative estimate of drug-likeness (QED) is 0.868. The number of aromatic amines is 1. The zero-order chi connectivity index (χ0) is 18.6. The van der Waals surface area contributed by atoms with Gasteiger partial charge in [0.05, 0.1) is 11.9 Å². The molecule has 2 aliphatic rings. The maximum absolute atomic E-state index is 13.1. The van der Waals surface area contributed by atoms with Gasteiger partial charge in [-0.1, -0.05) is 6.42 Å². The lowest BCUT2D eigenvalue weighted by atomic mass is 10.1. The number of amides is 2. The van der Waals surface area contributed by atoms with Crippen LogP contribution in [0.15, 0.2) is 30.5 Å². The van der Waals surface area contributed by atoms with Crippen molar-refractivity contribution in [2.24, 2.45) is 0 Å². The predicted molar refractivity (Wildman–Crippen MR) is 102 cm³/mol. The Kier molecular flexibility index (Phi) is 5.38. The lowest BCUT2D eigenvalue weighted by molar-refractivity contribution is 0.161. The normalized spacial score (nSPS) is 20.8. The minimum atomic E-state index is -0.273. The lowest BCUT2D eigenvalue weighted by Gasteiger charge is -2.32. The van der Waals surface area contributed by atoms with Gasteiger partial charge in [0.15, 0.2) is 0 Å². The molecule has 2 aromatic rings. The predicted octanol–water partition coefficient (Wildman–Crippen LogP) is 2.99. The van der Waals surface area contributed by atoms with Crippen LogP contribution in [0.5, 0.6) is 0 Å². The largest absolute Gasteiger partial charge is 0.334 e. The first-order valence-electron chi connectivity index (χ1n) is 9.76. The van der Waals surface area contributed by atoms with E-state index >= 15 is 0 Å². The fraction of sp³-hybridized carbons (Fsp3) is 0.500. The molecule has 0 unspecified atom stereocenters. The third-order valence-electron chi connectivity index (χ3n) is 5.64. The number of likely N-dealkylation sites (tertiary alicyclic amines) is 2. The van der Waals surface area contributed by atoms with Crippen molar-refractivity contribution in [3.05, 3.63) is 41.8 Å². The van der Waals surface area contributed by atoms with E-state index < -0.39 is 0 Å². The fourth-order valence-corrected chi connectivity index (χ4v) is 4.10. The topological polar surface area (TPSA) is 64.3 Å². The highest BCUT2D eigenvalue weighted by molar-refractivity contribution is 5.75. The van der Waals surface area contributed by atoms with Crippen LogP contribution in [0.25, 0.3) is 11.3 Å². The summed E-state index contributed by atoms with van der Waals surface area (Å²) >= 11 is 0. The first-order valence-corrected chi connectivity index (χ1v) is 9.76. The van der Waals surface area contributed by atoms with Gasteiger partial charge in [-0.15, -0.1) is 0 Å². The van der Waals surface area contributed by atoms with E-state index in [1.54, 1.807) is 18.3 Å². The second-order valence-corrected chi connectivity index (χ2v) is 7.42. The average molecular weight is 371 g/mol. The number of H-pyrrole nitrogens is 1. The van der Waals surface area contributed by atoms with Crippen LogP contribution >= 0.6 is 0 Å². The van der Waals surface area contributed by atoms with Crippen LogP contribution in [-0.4, -0.2) is 58.2 Å². The Bertz CT molecular complexity index is 769. The average Bonchev–Trinajstić information content (AvgIpc) is 3.37. The number of nitrogens with zero attached hydrogens (tertiary/aromatic N) is 3. The fourth-order valence-electron chi connectivity index (χ4n) is 4.10. The van der Waals surface area contributed by atoms with Crippen molar-refractivity contribution >= 4 is 6.03 Å². The Hall–Kier alpha value is -2.41. The monoisotopic (exact) mass is 371 g/mol. The van der Waals surface area contributed by atoms with Crippen LogP contribution in [0.1, 0.15) is 31.2 Å². The number of hydrogen-bond donors (Lipinski definition) is 2. The summed E-state index contributed by atoms with van der Waals surface area (Å²) in [6.07, 6.45) is 6.64. The molecule has 2 fully saturated rings. The molecule has 2 saturated heterocycles. The number of aromatic nitrogens is 2. The molecule has 1 aromatic carbocycles. The van der Waals surface area contributed by atoms with E-state index in [4.69, 9.17) is 0 Å². The van der Waals surface area contributed by atoms with E-state index in [2.05, 4.69) is 20.4 Å². The van der Waals surface area contributed by atoms with Crippen LogP contribution in [0.3, 0.4) is 0 Å². The Morgan fingerprint density at radius 3 is 2.74 bits per heavy atom. The van der Waals surface area contributed by atoms with E-state index in [1.807, 2.05) is 4.90 Å². The van der Waals surface area contributed by atoms with Gasteiger partial charge in [0.25, 0.3) is 0 Å². The maximum Gasteiger partial charge on any atom is 0.317 e. The van der Waals surface area contributed by atoms with Crippen LogP contribution in [0.4, 0.5) is 9.18 Å². The minimum absolute atomic E-state index is 0.0271. The molecule has 0 radical (unpaired) electrons. The molecule has 7 heteroatoms. The number of hydrogen-bond acceptors (Lipinski definition) is 3. The zero-order valence-electron chi connectivity index (χ0n) is 15.5. The van der Waals surface area contributed by atoms with Gasteiger partial charge in [0.2, 0.25) is 0 Å². The number of urea groups is 1. The van der Waals surface area contributed by atoms with Gasteiger partial charge >= 0.3 is 6.03 Å². The summed E-state index contributed by atoms with van der Waals surface area (Å²) in [5, 5.41) is 10.0. The molecule has 0 spiro atoms. The van der Waals surface area contributed by atoms with Crippen molar-refractivity contribution < 1.29 is 9.18 Å². The number of nitrogens with one attached hydrogen (secondary N) is 2. The van der Waals surface area contributed by atoms with Gasteiger partial charge in [-0.25, -0.2) is 9.18 Å². The third kappa shape index (κ3) is 4.13. The summed E-state index contributed by atoms with van der Waals surface area (Å²) in [6.45, 7) is 4.34. The Balaban J connectivity index is 1.32. The van der Waals surface area contributed by atoms with Crippen LogP contribution in [0.2, 0.25) is 0 Å². The highest BCUT2D eigenvalue weighted by atomic mass is 19.1. The lowest BCUT2D eigenvalue weighted by Crippen LogP contribution is -2.43. The second kappa shape index (κ2) is 8.08. The van der Waals surface area contributed by atoms with Crippen molar-refractivity contribution in [1.29, 1.82) is 0 Å². The number of rotatable bonds is 4. The van der Waals surface area contributed by atoms with Crippen molar-refractivity contribution in [3.8, 4) is 11.3 Å². The molecule has 0 bridgehead atoms. The highest BCUT2D eigenvalue weighted by Crippen LogP contribution is 2.22. The van der Waals surface area contributed by atoms with Gasteiger partial charge in [-0.3, -0.25) is 10.00 Å². The number of benzene rings is 1. The summed E-state index contributed by atoms with van der Waals surface area (Å²) < 4.78 is 13.1. The summed E-state index contributed by atoms with van der Waals surface area (Å²) in [4.78, 5) is 17.0. The molecule has 0 aliphatic carbocycles. The third-order valence-corrected chi connectivity index (χ3v) is 5.64. The van der Waals surface area contributed by atoms with Gasteiger partial charge in [0.1, 0.15) is 5.82 Å². The van der Waals surface area contributed by atoms with Crippen molar-refractivity contribution in [1.82, 2.24) is 25.3 Å². The molecule has 6 nitrogen and oxygen atoms in total. The van der Waals surface area contributed by atoms with E-state index in [0.29, 0.717) is 12.6 Å². The van der Waals surface area contributed by atoms with Crippen LogP contribution in [0, 0.1) is 5.82 Å². The summed E-state index contributed by atoms with van der Waals surface area (Å²) in [6, 6.07) is 6.73. The first-order chi connectivity index (χ1) is 13.2. The molecule has 3 heterocycles. The van der Waals surface area contributed by atoms with E-state index in [-0.39, 0.29) is 11.8 Å². The molecule has 4 rings (SSSR count). The molecule has 2 aliphatic heterocycles. The zero-order valence-corrected chi connectivity index (χ0v) is 15.5. The van der Waals surface area contributed by atoms with Gasteiger partial charge in [0, 0.05) is 36.8 Å². The molecule has 0 saturated carbocycles. The molecule has 1 aromatic heterocycles. The molecule has 27 heavy (non-hydrogen) atoms. The molecule has 1 atom stereocenters. The summed E-state index contributed by atoms with van der Waals surface area (Å²) in [7, 11) is 0. The Labute approximate surface area is 158 Å². The Morgan fingerprint density at radius 2 is 1.96 bits per heavy atom. The summed E-state index contributed by atoms with van der Waals surface area (Å²) in [5.41, 5.74) is 2.55. The summed E-state index contributed by atoms with van der Waals surface area (Å²) in [5.74, 6) is -0.273. The van der Waals surface area contributed by atoms with Crippen LogP contribution in [-0.2, 0) is 6.54 Å². The maximum atomic E-state index is 13.1. The molecule has 144 valence electrons. The molecular formula is C20H26FN5O. The molecule has 2 amide bonds.